The highest BCUT2D eigenvalue weighted by molar-refractivity contribution is 6.31. The molecule has 2 rings (SSSR count). The summed E-state index contributed by atoms with van der Waals surface area (Å²) in [4.78, 5) is 13.2. The van der Waals surface area contributed by atoms with Crippen molar-refractivity contribution in [3.8, 4) is 0 Å². The third-order valence-electron chi connectivity index (χ3n) is 4.03. The predicted molar refractivity (Wildman–Crippen MR) is 81.3 cm³/mol. The minimum Gasteiger partial charge on any atom is -0.478 e. The van der Waals surface area contributed by atoms with E-state index in [1.807, 2.05) is 6.07 Å². The van der Waals surface area contributed by atoms with E-state index in [4.69, 9.17) is 16.7 Å². The third kappa shape index (κ3) is 4.22. The lowest BCUT2D eigenvalue weighted by Crippen LogP contribution is -2.26. The molecule has 0 bridgehead atoms. The number of carbonyl (C=O) groups is 1. The number of nitrogens with zero attached hydrogens (tertiary/aromatic N) is 1. The topological polar surface area (TPSA) is 40.5 Å². The summed E-state index contributed by atoms with van der Waals surface area (Å²) in [6.07, 6.45) is 6.74. The lowest BCUT2D eigenvalue weighted by Gasteiger charge is -2.27. The number of carboxylic acids is 1. The molecule has 110 valence electrons. The zero-order valence-electron chi connectivity index (χ0n) is 11.9. The van der Waals surface area contributed by atoms with Crippen LogP contribution in [0.15, 0.2) is 18.2 Å². The van der Waals surface area contributed by atoms with Gasteiger partial charge in [0.05, 0.1) is 5.56 Å². The Hall–Kier alpha value is -1.06. The highest BCUT2D eigenvalue weighted by atomic mass is 35.5. The summed E-state index contributed by atoms with van der Waals surface area (Å²) in [6, 6.07) is 4.98. The van der Waals surface area contributed by atoms with E-state index < -0.39 is 5.97 Å². The number of hydrogen-bond donors (Lipinski definition) is 1. The second kappa shape index (κ2) is 7.09. The maximum absolute atomic E-state index is 10.9. The molecule has 4 heteroatoms. The van der Waals surface area contributed by atoms with Gasteiger partial charge in [-0.05, 0) is 43.5 Å². The first-order chi connectivity index (χ1) is 9.56. The molecule has 1 saturated carbocycles. The van der Waals surface area contributed by atoms with Gasteiger partial charge in [-0.2, -0.15) is 0 Å². The zero-order chi connectivity index (χ0) is 14.5. The van der Waals surface area contributed by atoms with Crippen LogP contribution in [-0.4, -0.2) is 29.6 Å². The summed E-state index contributed by atoms with van der Waals surface area (Å²) in [5.74, 6) is -0.139. The predicted octanol–water partition coefficient (Wildman–Crippen LogP) is 4.05. The van der Waals surface area contributed by atoms with Gasteiger partial charge in [0.25, 0.3) is 0 Å². The maximum atomic E-state index is 10.9. The Morgan fingerprint density at radius 1 is 1.35 bits per heavy atom. The van der Waals surface area contributed by atoms with Crippen LogP contribution in [0, 0.1) is 5.92 Å². The molecular weight excluding hydrogens is 274 g/mol. The van der Waals surface area contributed by atoms with E-state index in [9.17, 15) is 4.79 Å². The number of hydrogen-bond acceptors (Lipinski definition) is 2. The second-order valence-corrected chi connectivity index (χ2v) is 6.22. The number of carboxylic acid groups (broad SMARTS) is 1. The molecule has 1 aromatic carbocycles. The van der Waals surface area contributed by atoms with Crippen molar-refractivity contribution in [1.82, 2.24) is 4.90 Å². The van der Waals surface area contributed by atoms with E-state index in [0.717, 1.165) is 24.6 Å². The average Bonchev–Trinajstić information content (AvgIpc) is 2.42. The Balaban J connectivity index is 1.93. The minimum atomic E-state index is -0.936. The Morgan fingerprint density at radius 3 is 2.65 bits per heavy atom. The molecule has 3 nitrogen and oxygen atoms in total. The summed E-state index contributed by atoms with van der Waals surface area (Å²) in [5, 5.41) is 9.47. The van der Waals surface area contributed by atoms with E-state index in [2.05, 4.69) is 11.9 Å². The summed E-state index contributed by atoms with van der Waals surface area (Å²) in [5.41, 5.74) is 1.24. The van der Waals surface area contributed by atoms with Crippen molar-refractivity contribution in [2.24, 2.45) is 5.92 Å². The van der Waals surface area contributed by atoms with E-state index in [-0.39, 0.29) is 5.56 Å². The van der Waals surface area contributed by atoms with Crippen LogP contribution in [0.5, 0.6) is 0 Å². The molecule has 0 radical (unpaired) electrons. The summed E-state index contributed by atoms with van der Waals surface area (Å²) in [6.45, 7) is 1.87. The first-order valence-electron chi connectivity index (χ1n) is 7.26. The van der Waals surface area contributed by atoms with E-state index >= 15 is 0 Å². The van der Waals surface area contributed by atoms with Crippen LogP contribution >= 0.6 is 11.6 Å². The number of aromatic carboxylic acids is 1. The van der Waals surface area contributed by atoms with Gasteiger partial charge in [0.15, 0.2) is 0 Å². The van der Waals surface area contributed by atoms with E-state index in [1.54, 1.807) is 6.07 Å². The molecule has 0 heterocycles. The zero-order valence-corrected chi connectivity index (χ0v) is 12.7. The minimum absolute atomic E-state index is 0.244. The molecule has 0 spiro atoms. The van der Waals surface area contributed by atoms with Gasteiger partial charge in [-0.1, -0.05) is 36.9 Å². The normalized spacial score (nSPS) is 16.6. The molecular formula is C16H22ClNO2. The summed E-state index contributed by atoms with van der Waals surface area (Å²) in [7, 11) is 2.11. The molecule has 1 aliphatic carbocycles. The molecule has 20 heavy (non-hydrogen) atoms. The van der Waals surface area contributed by atoms with Gasteiger partial charge in [0, 0.05) is 18.1 Å². The Morgan fingerprint density at radius 2 is 2.05 bits per heavy atom. The van der Waals surface area contributed by atoms with Crippen molar-refractivity contribution in [1.29, 1.82) is 0 Å². The summed E-state index contributed by atoms with van der Waals surface area (Å²) < 4.78 is 0. The van der Waals surface area contributed by atoms with Gasteiger partial charge in [-0.15, -0.1) is 0 Å². The van der Waals surface area contributed by atoms with Crippen LogP contribution in [0.1, 0.15) is 48.0 Å². The fourth-order valence-electron chi connectivity index (χ4n) is 2.97. The third-order valence-corrected chi connectivity index (χ3v) is 4.39. The maximum Gasteiger partial charge on any atom is 0.335 e. The first-order valence-corrected chi connectivity index (χ1v) is 7.64. The quantitative estimate of drug-likeness (QED) is 0.891. The standard InChI is InChI=1S/C16H22ClNO2/c1-18(10-12-5-3-2-4-6-12)11-14-8-7-13(16(19)20)9-15(14)17/h7-9,12H,2-6,10-11H2,1H3,(H,19,20). The molecule has 0 saturated heterocycles. The average molecular weight is 296 g/mol. The number of benzene rings is 1. The molecule has 0 aromatic heterocycles. The van der Waals surface area contributed by atoms with Crippen LogP contribution < -0.4 is 0 Å². The van der Waals surface area contributed by atoms with E-state index in [1.165, 1.54) is 38.2 Å². The molecule has 0 amide bonds. The lowest BCUT2D eigenvalue weighted by atomic mass is 9.89. The number of rotatable bonds is 5. The number of halogens is 1. The molecule has 0 unspecified atom stereocenters. The highest BCUT2D eigenvalue weighted by Crippen LogP contribution is 2.25. The van der Waals surface area contributed by atoms with Gasteiger partial charge < -0.3 is 10.0 Å². The Labute approximate surface area is 125 Å². The van der Waals surface area contributed by atoms with Crippen molar-refractivity contribution >= 4 is 17.6 Å². The molecule has 1 N–H and O–H groups in total. The van der Waals surface area contributed by atoms with Gasteiger partial charge in [0.2, 0.25) is 0 Å². The molecule has 1 fully saturated rings. The van der Waals surface area contributed by atoms with Crippen LogP contribution in [0.2, 0.25) is 5.02 Å². The Kier molecular flexibility index (Phi) is 5.44. The van der Waals surface area contributed by atoms with Crippen molar-refractivity contribution < 1.29 is 9.90 Å². The van der Waals surface area contributed by atoms with Crippen LogP contribution in [0.25, 0.3) is 0 Å². The first kappa shape index (κ1) is 15.3. The lowest BCUT2D eigenvalue weighted by molar-refractivity contribution is 0.0697. The fourth-order valence-corrected chi connectivity index (χ4v) is 3.21. The summed E-state index contributed by atoms with van der Waals surface area (Å²) >= 11 is 6.17. The van der Waals surface area contributed by atoms with Crippen LogP contribution in [0.3, 0.4) is 0 Å². The van der Waals surface area contributed by atoms with Crippen molar-refractivity contribution in [3.05, 3.63) is 34.3 Å². The second-order valence-electron chi connectivity index (χ2n) is 5.81. The van der Waals surface area contributed by atoms with Crippen LogP contribution in [0.4, 0.5) is 0 Å². The molecule has 1 aliphatic rings. The molecule has 0 atom stereocenters. The van der Waals surface area contributed by atoms with E-state index in [0.29, 0.717) is 5.02 Å². The smallest absolute Gasteiger partial charge is 0.335 e. The largest absolute Gasteiger partial charge is 0.478 e. The van der Waals surface area contributed by atoms with Crippen LogP contribution in [-0.2, 0) is 6.54 Å². The monoisotopic (exact) mass is 295 g/mol. The SMILES string of the molecule is CN(Cc1ccc(C(=O)O)cc1Cl)CC1CCCCC1. The molecule has 0 aliphatic heterocycles. The highest BCUT2D eigenvalue weighted by Gasteiger charge is 2.16. The van der Waals surface area contributed by atoms with Gasteiger partial charge in [-0.25, -0.2) is 4.79 Å². The van der Waals surface area contributed by atoms with Gasteiger partial charge >= 0.3 is 5.97 Å². The van der Waals surface area contributed by atoms with Gasteiger partial charge in [0.1, 0.15) is 0 Å². The Bertz CT molecular complexity index is 470. The molecule has 1 aromatic rings. The fraction of sp³-hybridized carbons (Fsp3) is 0.562. The van der Waals surface area contributed by atoms with Crippen molar-refractivity contribution in [2.75, 3.05) is 13.6 Å². The van der Waals surface area contributed by atoms with Crippen molar-refractivity contribution in [3.63, 3.8) is 0 Å². The van der Waals surface area contributed by atoms with Gasteiger partial charge in [-0.3, -0.25) is 0 Å². The van der Waals surface area contributed by atoms with Crippen molar-refractivity contribution in [2.45, 2.75) is 38.6 Å².